The van der Waals surface area contributed by atoms with Gasteiger partial charge >= 0.3 is 0 Å². The van der Waals surface area contributed by atoms with E-state index in [9.17, 15) is 0 Å². The van der Waals surface area contributed by atoms with Crippen LogP contribution in [0.25, 0.3) is 27.9 Å². The monoisotopic (exact) mass is 432 g/mol. The zero-order valence-corrected chi connectivity index (χ0v) is 16.7. The molecule has 7 heteroatoms. The molecule has 6 nitrogen and oxygen atoms in total. The maximum atomic E-state index is 4.76. The van der Waals surface area contributed by atoms with E-state index in [4.69, 9.17) is 4.98 Å². The predicted octanol–water partition coefficient (Wildman–Crippen LogP) is 4.96. The van der Waals surface area contributed by atoms with E-state index in [-0.39, 0.29) is 0 Å². The average molecular weight is 433 g/mol. The third-order valence-electron chi connectivity index (χ3n) is 4.64. The molecule has 3 aromatic heterocycles. The lowest BCUT2D eigenvalue weighted by Crippen LogP contribution is -2.06. The molecule has 0 unspecified atom stereocenters. The molecule has 5 aromatic rings. The molecule has 0 atom stereocenters. The predicted molar refractivity (Wildman–Crippen MR) is 114 cm³/mol. The Labute approximate surface area is 169 Å². The molecule has 0 spiro atoms. The van der Waals surface area contributed by atoms with Gasteiger partial charge in [0.15, 0.2) is 5.65 Å². The summed E-state index contributed by atoms with van der Waals surface area (Å²) in [5.41, 5.74) is 5.92. The molecule has 138 valence electrons. The number of benzene rings is 2. The van der Waals surface area contributed by atoms with Crippen LogP contribution in [0, 0.1) is 6.92 Å². The summed E-state index contributed by atoms with van der Waals surface area (Å²) in [6.07, 6.45) is 1.76. The Morgan fingerprint density at radius 2 is 1.93 bits per heavy atom. The van der Waals surface area contributed by atoms with Crippen molar-refractivity contribution >= 4 is 38.4 Å². The summed E-state index contributed by atoms with van der Waals surface area (Å²) in [7, 11) is 0. The molecule has 0 amide bonds. The number of imidazole rings is 1. The van der Waals surface area contributed by atoms with E-state index >= 15 is 0 Å². The number of H-pyrrole nitrogens is 1. The maximum Gasteiger partial charge on any atom is 0.172 e. The summed E-state index contributed by atoms with van der Waals surface area (Å²) in [4.78, 5) is 12.5. The number of aromatic nitrogens is 5. The highest BCUT2D eigenvalue weighted by molar-refractivity contribution is 9.10. The lowest BCUT2D eigenvalue weighted by atomic mass is 10.1. The second-order valence-corrected chi connectivity index (χ2v) is 7.50. The quantitative estimate of drug-likeness (QED) is 0.421. The van der Waals surface area contributed by atoms with Gasteiger partial charge in [-0.05, 0) is 40.5 Å². The molecule has 0 bridgehead atoms. The smallest absolute Gasteiger partial charge is 0.172 e. The number of hydrogen-bond donors (Lipinski definition) is 2. The molecule has 0 aliphatic rings. The van der Waals surface area contributed by atoms with Crippen LogP contribution in [-0.4, -0.2) is 24.6 Å². The van der Waals surface area contributed by atoms with Crippen LogP contribution in [-0.2, 0) is 6.54 Å². The fraction of sp³-hybridized carbons (Fsp3) is 0.0952. The van der Waals surface area contributed by atoms with Crippen LogP contribution in [0.15, 0.2) is 65.3 Å². The van der Waals surface area contributed by atoms with Crippen LogP contribution >= 0.6 is 15.9 Å². The van der Waals surface area contributed by atoms with Gasteiger partial charge in [-0.3, -0.25) is 0 Å². The van der Waals surface area contributed by atoms with Crippen molar-refractivity contribution in [1.29, 1.82) is 0 Å². The van der Waals surface area contributed by atoms with E-state index in [0.717, 1.165) is 49.6 Å². The highest BCUT2D eigenvalue weighted by Gasteiger charge is 2.11. The molecule has 0 aliphatic heterocycles. The first-order chi connectivity index (χ1) is 13.7. The molecular formula is C21H17BrN6. The number of nitrogens with one attached hydrogen (secondary N) is 2. The van der Waals surface area contributed by atoms with Crippen molar-refractivity contribution in [2.75, 3.05) is 5.32 Å². The van der Waals surface area contributed by atoms with Crippen LogP contribution in [0.2, 0.25) is 0 Å². The van der Waals surface area contributed by atoms with Crippen LogP contribution in [0.5, 0.6) is 0 Å². The minimum Gasteiger partial charge on any atom is -0.366 e. The molecular weight excluding hydrogens is 416 g/mol. The van der Waals surface area contributed by atoms with Gasteiger partial charge in [-0.25, -0.2) is 9.97 Å². The van der Waals surface area contributed by atoms with Gasteiger partial charge in [-0.2, -0.15) is 9.61 Å². The Morgan fingerprint density at radius 1 is 1.07 bits per heavy atom. The average Bonchev–Trinajstić information content (AvgIpc) is 3.28. The Kier molecular flexibility index (Phi) is 4.09. The Balaban J connectivity index is 1.51. The Morgan fingerprint density at radius 3 is 2.79 bits per heavy atom. The fourth-order valence-corrected chi connectivity index (χ4v) is 3.65. The highest BCUT2D eigenvalue weighted by atomic mass is 79.9. The molecule has 3 heterocycles. The lowest BCUT2D eigenvalue weighted by Gasteiger charge is -2.11. The first-order valence-electron chi connectivity index (χ1n) is 8.96. The number of rotatable bonds is 4. The van der Waals surface area contributed by atoms with E-state index in [1.165, 1.54) is 0 Å². The van der Waals surface area contributed by atoms with Crippen LogP contribution in [0.3, 0.4) is 0 Å². The minimum absolute atomic E-state index is 0.659. The maximum absolute atomic E-state index is 4.76. The molecule has 0 saturated heterocycles. The third-order valence-corrected chi connectivity index (χ3v) is 5.20. The van der Waals surface area contributed by atoms with Crippen LogP contribution in [0.4, 0.5) is 5.82 Å². The van der Waals surface area contributed by atoms with Gasteiger partial charge in [0.05, 0.1) is 27.4 Å². The molecule has 28 heavy (non-hydrogen) atoms. The lowest BCUT2D eigenvalue weighted by molar-refractivity contribution is 0.927. The number of aromatic amines is 1. The Hall–Kier alpha value is -3.19. The minimum atomic E-state index is 0.659. The summed E-state index contributed by atoms with van der Waals surface area (Å²) in [5, 5.41) is 7.95. The highest BCUT2D eigenvalue weighted by Crippen LogP contribution is 2.26. The largest absolute Gasteiger partial charge is 0.366 e. The molecule has 0 aliphatic carbocycles. The Bertz CT molecular complexity index is 1290. The van der Waals surface area contributed by atoms with E-state index in [1.54, 1.807) is 6.20 Å². The topological polar surface area (TPSA) is 70.9 Å². The molecule has 5 rings (SSSR count). The second kappa shape index (κ2) is 6.76. The third kappa shape index (κ3) is 3.03. The standard InChI is InChI=1S/C21H17BrN6/c1-13-25-17-8-7-14(9-19(17)26-13)11-23-20-10-18(15-5-3-2-4-6-15)27-21-16(22)12-24-28(20)21/h2-10,12,23H,11H2,1H3,(H,25,26). The molecule has 0 radical (unpaired) electrons. The molecule has 0 saturated carbocycles. The number of aryl methyl sites for hydroxylation is 1. The summed E-state index contributed by atoms with van der Waals surface area (Å²) in [6.45, 7) is 2.62. The summed E-state index contributed by atoms with van der Waals surface area (Å²) in [5.74, 6) is 1.80. The van der Waals surface area contributed by atoms with E-state index in [2.05, 4.69) is 66.6 Å². The van der Waals surface area contributed by atoms with Gasteiger partial charge in [0, 0.05) is 18.2 Å². The number of fused-ring (bicyclic) bond motifs is 2. The van der Waals surface area contributed by atoms with Gasteiger partial charge in [0.1, 0.15) is 11.6 Å². The van der Waals surface area contributed by atoms with Crippen molar-refractivity contribution in [3.05, 3.63) is 76.7 Å². The number of halogens is 1. The SMILES string of the molecule is Cc1nc2cc(CNc3cc(-c4ccccc4)nc4c(Br)cnn34)ccc2[nH]1. The van der Waals surface area contributed by atoms with Crippen molar-refractivity contribution in [2.45, 2.75) is 13.5 Å². The van der Waals surface area contributed by atoms with Crippen molar-refractivity contribution in [1.82, 2.24) is 24.6 Å². The fourth-order valence-electron chi connectivity index (χ4n) is 3.30. The van der Waals surface area contributed by atoms with Crippen molar-refractivity contribution in [3.63, 3.8) is 0 Å². The van der Waals surface area contributed by atoms with E-state index in [1.807, 2.05) is 35.7 Å². The van der Waals surface area contributed by atoms with Crippen molar-refractivity contribution in [2.24, 2.45) is 0 Å². The summed E-state index contributed by atoms with van der Waals surface area (Å²) < 4.78 is 2.68. The van der Waals surface area contributed by atoms with Crippen molar-refractivity contribution in [3.8, 4) is 11.3 Å². The van der Waals surface area contributed by atoms with Gasteiger partial charge in [-0.1, -0.05) is 36.4 Å². The zero-order valence-electron chi connectivity index (χ0n) is 15.1. The number of nitrogens with zero attached hydrogens (tertiary/aromatic N) is 4. The first-order valence-corrected chi connectivity index (χ1v) is 9.75. The van der Waals surface area contributed by atoms with E-state index in [0.29, 0.717) is 6.54 Å². The zero-order chi connectivity index (χ0) is 19.1. The van der Waals surface area contributed by atoms with Gasteiger partial charge in [-0.15, -0.1) is 0 Å². The van der Waals surface area contributed by atoms with Crippen LogP contribution in [0.1, 0.15) is 11.4 Å². The normalized spacial score (nSPS) is 11.4. The van der Waals surface area contributed by atoms with Gasteiger partial charge in [0.25, 0.3) is 0 Å². The van der Waals surface area contributed by atoms with Gasteiger partial charge < -0.3 is 10.3 Å². The first kappa shape index (κ1) is 16.9. The summed E-state index contributed by atoms with van der Waals surface area (Å²) >= 11 is 3.55. The van der Waals surface area contributed by atoms with Crippen LogP contribution < -0.4 is 5.32 Å². The molecule has 2 aromatic carbocycles. The summed E-state index contributed by atoms with van der Waals surface area (Å²) in [6, 6.07) is 18.4. The molecule has 2 N–H and O–H groups in total. The van der Waals surface area contributed by atoms with E-state index < -0.39 is 0 Å². The second-order valence-electron chi connectivity index (χ2n) is 6.65. The molecule has 0 fully saturated rings. The number of hydrogen-bond acceptors (Lipinski definition) is 4. The van der Waals surface area contributed by atoms with Crippen molar-refractivity contribution < 1.29 is 0 Å². The number of anilines is 1. The van der Waals surface area contributed by atoms with Gasteiger partial charge in [0.2, 0.25) is 0 Å².